The van der Waals surface area contributed by atoms with Crippen molar-refractivity contribution in [2.24, 2.45) is 5.41 Å². The SMILES string of the molecule is CC(C)(C)CN1CCC(c2cn(N)c3ccc(C(=O)c4cccs4)cc23)CC1. The Bertz CT molecular complexity index is 973. The van der Waals surface area contributed by atoms with Crippen molar-refractivity contribution in [3.63, 3.8) is 0 Å². The Morgan fingerprint density at radius 1 is 1.21 bits per heavy atom. The number of aromatic nitrogens is 1. The predicted octanol–water partition coefficient (Wildman–Crippen LogP) is 4.87. The van der Waals surface area contributed by atoms with Crippen LogP contribution in [0.5, 0.6) is 0 Å². The van der Waals surface area contributed by atoms with Crippen molar-refractivity contribution < 1.29 is 4.79 Å². The van der Waals surface area contributed by atoms with Gasteiger partial charge >= 0.3 is 0 Å². The summed E-state index contributed by atoms with van der Waals surface area (Å²) in [5.41, 5.74) is 3.35. The van der Waals surface area contributed by atoms with Gasteiger partial charge in [-0.05, 0) is 72.5 Å². The molecule has 1 aromatic carbocycles. The number of hydrogen-bond donors (Lipinski definition) is 1. The summed E-state index contributed by atoms with van der Waals surface area (Å²) in [6.07, 6.45) is 4.34. The third kappa shape index (κ3) is 3.87. The number of nitrogen functional groups attached to an aromatic ring is 1. The summed E-state index contributed by atoms with van der Waals surface area (Å²) in [7, 11) is 0. The van der Waals surface area contributed by atoms with E-state index in [2.05, 4.69) is 31.9 Å². The minimum Gasteiger partial charge on any atom is -0.339 e. The van der Waals surface area contributed by atoms with Gasteiger partial charge in [-0.3, -0.25) is 9.47 Å². The maximum absolute atomic E-state index is 12.8. The van der Waals surface area contributed by atoms with Gasteiger partial charge in [0.15, 0.2) is 0 Å². The van der Waals surface area contributed by atoms with E-state index >= 15 is 0 Å². The highest BCUT2D eigenvalue weighted by Gasteiger charge is 2.26. The molecular weight excluding hydrogens is 366 g/mol. The second-order valence-corrected chi connectivity index (χ2v) is 10.1. The monoisotopic (exact) mass is 395 g/mol. The van der Waals surface area contributed by atoms with Gasteiger partial charge in [-0.2, -0.15) is 0 Å². The number of thiophene rings is 1. The van der Waals surface area contributed by atoms with Crippen LogP contribution in [0.15, 0.2) is 41.9 Å². The van der Waals surface area contributed by atoms with Gasteiger partial charge in [0.25, 0.3) is 0 Å². The lowest BCUT2D eigenvalue weighted by Crippen LogP contribution is -2.38. The molecule has 3 heterocycles. The number of nitrogens with two attached hydrogens (primary N) is 1. The molecule has 0 bridgehead atoms. The molecule has 28 heavy (non-hydrogen) atoms. The molecule has 1 aliphatic rings. The summed E-state index contributed by atoms with van der Waals surface area (Å²) >= 11 is 1.49. The summed E-state index contributed by atoms with van der Waals surface area (Å²) in [6, 6.07) is 9.72. The molecule has 0 spiro atoms. The van der Waals surface area contributed by atoms with Crippen LogP contribution in [0, 0.1) is 5.41 Å². The molecular formula is C23H29N3OS. The molecule has 1 fully saturated rings. The fraction of sp³-hybridized carbons (Fsp3) is 0.435. The van der Waals surface area contributed by atoms with Gasteiger partial charge in [-0.25, -0.2) is 0 Å². The first-order valence-electron chi connectivity index (χ1n) is 10.0. The molecule has 0 saturated carbocycles. The Kier molecular flexibility index (Phi) is 5.06. The van der Waals surface area contributed by atoms with Crippen LogP contribution in [0.2, 0.25) is 0 Å². The Balaban J connectivity index is 1.59. The molecule has 1 saturated heterocycles. The molecule has 0 aliphatic carbocycles. The van der Waals surface area contributed by atoms with Crippen molar-refractivity contribution in [1.29, 1.82) is 0 Å². The highest BCUT2D eigenvalue weighted by atomic mass is 32.1. The number of nitrogens with zero attached hydrogens (tertiary/aromatic N) is 2. The van der Waals surface area contributed by atoms with Gasteiger partial charge in [0.05, 0.1) is 10.4 Å². The van der Waals surface area contributed by atoms with E-state index in [0.29, 0.717) is 11.3 Å². The maximum atomic E-state index is 12.8. The van der Waals surface area contributed by atoms with Gasteiger partial charge in [0.2, 0.25) is 5.78 Å². The van der Waals surface area contributed by atoms with Crippen LogP contribution >= 0.6 is 11.3 Å². The number of piperidine rings is 1. The average molecular weight is 396 g/mol. The van der Waals surface area contributed by atoms with E-state index < -0.39 is 0 Å². The molecule has 4 rings (SSSR count). The van der Waals surface area contributed by atoms with Crippen molar-refractivity contribution in [3.05, 3.63) is 57.9 Å². The number of rotatable bonds is 4. The van der Waals surface area contributed by atoms with Crippen LogP contribution in [0.3, 0.4) is 0 Å². The van der Waals surface area contributed by atoms with Crippen LogP contribution in [0.4, 0.5) is 0 Å². The second kappa shape index (κ2) is 7.37. The van der Waals surface area contributed by atoms with E-state index in [0.717, 1.165) is 53.8 Å². The molecule has 0 unspecified atom stereocenters. The molecule has 3 aromatic rings. The molecule has 4 nitrogen and oxygen atoms in total. The Morgan fingerprint density at radius 3 is 2.61 bits per heavy atom. The number of carbonyl (C=O) groups excluding carboxylic acids is 1. The van der Waals surface area contributed by atoms with Crippen molar-refractivity contribution in [3.8, 4) is 0 Å². The number of ketones is 1. The predicted molar refractivity (Wildman–Crippen MR) is 118 cm³/mol. The van der Waals surface area contributed by atoms with E-state index in [4.69, 9.17) is 5.84 Å². The van der Waals surface area contributed by atoms with Crippen molar-refractivity contribution in [2.75, 3.05) is 25.5 Å². The highest BCUT2D eigenvalue weighted by molar-refractivity contribution is 7.12. The van der Waals surface area contributed by atoms with Gasteiger partial charge in [0.1, 0.15) is 0 Å². The Labute approximate surface area is 170 Å². The van der Waals surface area contributed by atoms with E-state index in [9.17, 15) is 4.79 Å². The smallest absolute Gasteiger partial charge is 0.202 e. The minimum absolute atomic E-state index is 0.0904. The molecule has 148 valence electrons. The molecule has 2 aromatic heterocycles. The van der Waals surface area contributed by atoms with Gasteiger partial charge < -0.3 is 10.7 Å². The van der Waals surface area contributed by atoms with E-state index in [1.54, 1.807) is 4.68 Å². The van der Waals surface area contributed by atoms with Crippen LogP contribution < -0.4 is 5.84 Å². The zero-order chi connectivity index (χ0) is 19.9. The summed E-state index contributed by atoms with van der Waals surface area (Å²) in [5, 5.41) is 3.07. The zero-order valence-corrected chi connectivity index (χ0v) is 17.8. The fourth-order valence-corrected chi connectivity index (χ4v) is 5.06. The summed E-state index contributed by atoms with van der Waals surface area (Å²) in [4.78, 5) is 16.1. The first kappa shape index (κ1) is 19.2. The largest absolute Gasteiger partial charge is 0.339 e. The quantitative estimate of drug-likeness (QED) is 0.506. The number of likely N-dealkylation sites (tertiary alicyclic amines) is 1. The van der Waals surface area contributed by atoms with E-state index in [1.165, 1.54) is 16.9 Å². The molecule has 0 amide bonds. The topological polar surface area (TPSA) is 51.3 Å². The fourth-order valence-electron chi connectivity index (χ4n) is 4.37. The second-order valence-electron chi connectivity index (χ2n) is 9.14. The number of benzene rings is 1. The normalized spacial score (nSPS) is 16.7. The lowest BCUT2D eigenvalue weighted by molar-refractivity contribution is 0.104. The van der Waals surface area contributed by atoms with Crippen molar-refractivity contribution in [2.45, 2.75) is 39.5 Å². The lowest BCUT2D eigenvalue weighted by atomic mass is 9.87. The molecule has 1 aliphatic heterocycles. The third-order valence-electron chi connectivity index (χ3n) is 5.60. The van der Waals surface area contributed by atoms with Crippen molar-refractivity contribution in [1.82, 2.24) is 9.58 Å². The molecule has 0 radical (unpaired) electrons. The number of carbonyl (C=O) groups is 1. The van der Waals surface area contributed by atoms with Crippen LogP contribution in [-0.4, -0.2) is 35.0 Å². The number of fused-ring (bicyclic) bond motifs is 1. The highest BCUT2D eigenvalue weighted by Crippen LogP contribution is 2.35. The minimum atomic E-state index is 0.0904. The van der Waals surface area contributed by atoms with E-state index in [1.807, 2.05) is 35.7 Å². The van der Waals surface area contributed by atoms with Gasteiger partial charge in [-0.15, -0.1) is 11.3 Å². The third-order valence-corrected chi connectivity index (χ3v) is 6.47. The summed E-state index contributed by atoms with van der Waals surface area (Å²) in [6.45, 7) is 10.3. The lowest BCUT2D eigenvalue weighted by Gasteiger charge is -2.36. The van der Waals surface area contributed by atoms with Crippen molar-refractivity contribution >= 4 is 28.0 Å². The molecule has 5 heteroatoms. The summed E-state index contributed by atoms with van der Waals surface area (Å²) in [5.74, 6) is 6.82. The Morgan fingerprint density at radius 2 is 1.96 bits per heavy atom. The van der Waals surface area contributed by atoms with Gasteiger partial charge in [0, 0.05) is 23.7 Å². The number of hydrogen-bond acceptors (Lipinski definition) is 4. The first-order chi connectivity index (χ1) is 13.3. The van der Waals surface area contributed by atoms with Gasteiger partial charge in [-0.1, -0.05) is 26.8 Å². The standard InChI is InChI=1S/C23H29N3OS/c1-23(2,3)15-25-10-8-16(9-11-25)19-14-26(24)20-7-6-17(13-18(19)20)22(27)21-5-4-12-28-21/h4-7,12-14,16H,8-11,15,24H2,1-3H3. The summed E-state index contributed by atoms with van der Waals surface area (Å²) < 4.78 is 1.71. The Hall–Kier alpha value is -2.11. The molecule has 2 N–H and O–H groups in total. The van der Waals surface area contributed by atoms with Crippen LogP contribution in [-0.2, 0) is 0 Å². The first-order valence-corrected chi connectivity index (χ1v) is 10.9. The zero-order valence-electron chi connectivity index (χ0n) is 16.9. The van der Waals surface area contributed by atoms with Crippen LogP contribution in [0.25, 0.3) is 10.9 Å². The maximum Gasteiger partial charge on any atom is 0.202 e. The molecule has 0 atom stereocenters. The van der Waals surface area contributed by atoms with E-state index in [-0.39, 0.29) is 5.78 Å². The van der Waals surface area contributed by atoms with Crippen LogP contribution in [0.1, 0.15) is 60.3 Å². The average Bonchev–Trinajstić information content (AvgIpc) is 3.29.